The summed E-state index contributed by atoms with van der Waals surface area (Å²) >= 11 is 1.25. The predicted octanol–water partition coefficient (Wildman–Crippen LogP) is 2.28. The quantitative estimate of drug-likeness (QED) is 0.412. The first kappa shape index (κ1) is 21.9. The number of carbonyl (C=O) groups excluding carboxylic acids is 1. The van der Waals surface area contributed by atoms with Gasteiger partial charge in [0.25, 0.3) is 17.2 Å². The number of amides is 1. The number of carbonyl (C=O) groups is 1. The molecular formula is C21H23N5O5S. The zero-order valence-electron chi connectivity index (χ0n) is 17.8. The van der Waals surface area contributed by atoms with Gasteiger partial charge in [0.1, 0.15) is 4.83 Å². The summed E-state index contributed by atoms with van der Waals surface area (Å²) in [4.78, 5) is 45.8. The number of thiophene rings is 1. The standard InChI is InChI=1S/C21H23N5O5S/c1-14-17-19(22-13-25(20(17)27)11-12-31-2)32-18(14)21(28)24-9-7-23(8-10-24)15-3-5-16(6-4-15)26(29)30/h3-6,13H,7-12H2,1-2H3. The molecule has 1 fully saturated rings. The maximum atomic E-state index is 13.2. The van der Waals surface area contributed by atoms with Crippen LogP contribution in [0.5, 0.6) is 0 Å². The molecule has 32 heavy (non-hydrogen) atoms. The number of rotatable bonds is 6. The average molecular weight is 458 g/mol. The van der Waals surface area contributed by atoms with Crippen LogP contribution in [0.25, 0.3) is 10.2 Å². The van der Waals surface area contributed by atoms with Gasteiger partial charge >= 0.3 is 0 Å². The molecule has 0 aliphatic carbocycles. The molecule has 0 saturated carbocycles. The molecule has 4 rings (SSSR count). The Morgan fingerprint density at radius 3 is 2.53 bits per heavy atom. The molecule has 1 aliphatic rings. The van der Waals surface area contributed by atoms with Gasteiger partial charge in [-0.3, -0.25) is 24.3 Å². The number of nitro benzene ring substituents is 1. The fraction of sp³-hybridized carbons (Fsp3) is 0.381. The number of nitro groups is 1. The molecule has 1 aliphatic heterocycles. The minimum atomic E-state index is -0.422. The molecule has 168 valence electrons. The number of ether oxygens (including phenoxy) is 1. The Morgan fingerprint density at radius 1 is 1.22 bits per heavy atom. The minimum Gasteiger partial charge on any atom is -0.383 e. The van der Waals surface area contributed by atoms with Crippen LogP contribution in [0, 0.1) is 17.0 Å². The lowest BCUT2D eigenvalue weighted by Crippen LogP contribution is -2.48. The Labute approximate surface area is 187 Å². The van der Waals surface area contributed by atoms with Gasteiger partial charge in [-0.25, -0.2) is 4.98 Å². The van der Waals surface area contributed by atoms with Crippen molar-refractivity contribution in [2.75, 3.05) is 44.8 Å². The van der Waals surface area contributed by atoms with Crippen LogP contribution in [0.4, 0.5) is 11.4 Å². The second kappa shape index (κ2) is 9.05. The van der Waals surface area contributed by atoms with Crippen LogP contribution in [-0.2, 0) is 11.3 Å². The van der Waals surface area contributed by atoms with Gasteiger partial charge in [-0.05, 0) is 24.6 Å². The number of fused-ring (bicyclic) bond motifs is 1. The molecule has 0 atom stereocenters. The molecule has 0 unspecified atom stereocenters. The first-order valence-corrected chi connectivity index (χ1v) is 11.0. The highest BCUT2D eigenvalue weighted by molar-refractivity contribution is 7.20. The van der Waals surface area contributed by atoms with Crippen molar-refractivity contribution in [1.29, 1.82) is 0 Å². The summed E-state index contributed by atoms with van der Waals surface area (Å²) < 4.78 is 6.55. The van der Waals surface area contributed by atoms with Gasteiger partial charge in [-0.15, -0.1) is 11.3 Å². The SMILES string of the molecule is COCCn1cnc2sc(C(=O)N3CCN(c4ccc([N+](=O)[O-])cc4)CC3)c(C)c2c1=O. The average Bonchev–Trinajstić information content (AvgIpc) is 3.15. The van der Waals surface area contributed by atoms with E-state index in [1.807, 2.05) is 0 Å². The van der Waals surface area contributed by atoms with Crippen molar-refractivity contribution in [3.05, 3.63) is 61.5 Å². The Hall–Kier alpha value is -3.31. The summed E-state index contributed by atoms with van der Waals surface area (Å²) in [5.41, 5.74) is 1.44. The lowest BCUT2D eigenvalue weighted by molar-refractivity contribution is -0.384. The molecule has 0 bridgehead atoms. The van der Waals surface area contributed by atoms with Crippen molar-refractivity contribution in [3.8, 4) is 0 Å². The van der Waals surface area contributed by atoms with E-state index in [2.05, 4.69) is 9.88 Å². The van der Waals surface area contributed by atoms with E-state index in [9.17, 15) is 19.7 Å². The van der Waals surface area contributed by atoms with E-state index in [4.69, 9.17) is 4.74 Å². The summed E-state index contributed by atoms with van der Waals surface area (Å²) in [6, 6.07) is 6.43. The number of piperazine rings is 1. The first-order valence-electron chi connectivity index (χ1n) is 10.2. The van der Waals surface area contributed by atoms with Gasteiger partial charge in [0.2, 0.25) is 0 Å². The van der Waals surface area contributed by atoms with E-state index in [1.165, 1.54) is 34.4 Å². The fourth-order valence-corrected chi connectivity index (χ4v) is 4.92. The highest BCUT2D eigenvalue weighted by atomic mass is 32.1. The monoisotopic (exact) mass is 457 g/mol. The molecule has 10 nitrogen and oxygen atoms in total. The second-order valence-electron chi connectivity index (χ2n) is 7.53. The molecule has 3 aromatic rings. The number of nitrogens with zero attached hydrogens (tertiary/aromatic N) is 5. The van der Waals surface area contributed by atoms with Crippen molar-refractivity contribution >= 4 is 38.8 Å². The van der Waals surface area contributed by atoms with Gasteiger partial charge in [-0.1, -0.05) is 0 Å². The van der Waals surface area contributed by atoms with Crippen LogP contribution >= 0.6 is 11.3 Å². The Morgan fingerprint density at radius 2 is 1.91 bits per heavy atom. The van der Waals surface area contributed by atoms with E-state index < -0.39 is 4.92 Å². The van der Waals surface area contributed by atoms with Crippen LogP contribution < -0.4 is 10.5 Å². The molecule has 1 aromatic carbocycles. The van der Waals surface area contributed by atoms with Crippen LogP contribution in [0.2, 0.25) is 0 Å². The molecule has 1 amide bonds. The number of aromatic nitrogens is 2. The van der Waals surface area contributed by atoms with Crippen molar-refractivity contribution in [1.82, 2.24) is 14.5 Å². The van der Waals surface area contributed by atoms with Crippen molar-refractivity contribution in [2.45, 2.75) is 13.5 Å². The molecule has 0 radical (unpaired) electrons. The van der Waals surface area contributed by atoms with Crippen LogP contribution in [0.1, 0.15) is 15.2 Å². The van der Waals surface area contributed by atoms with Crippen molar-refractivity contribution < 1.29 is 14.5 Å². The van der Waals surface area contributed by atoms with Crippen LogP contribution in [-0.4, -0.2) is 65.2 Å². The van der Waals surface area contributed by atoms with Gasteiger partial charge in [0.05, 0.1) is 34.7 Å². The van der Waals surface area contributed by atoms with E-state index in [0.29, 0.717) is 60.0 Å². The third-order valence-electron chi connectivity index (χ3n) is 5.64. The number of non-ortho nitro benzene ring substituents is 1. The third kappa shape index (κ3) is 4.08. The van der Waals surface area contributed by atoms with Crippen LogP contribution in [0.3, 0.4) is 0 Å². The lowest BCUT2D eigenvalue weighted by atomic mass is 10.2. The molecule has 0 spiro atoms. The zero-order valence-corrected chi connectivity index (χ0v) is 18.6. The number of anilines is 1. The minimum absolute atomic E-state index is 0.0534. The van der Waals surface area contributed by atoms with E-state index in [0.717, 1.165) is 5.69 Å². The maximum Gasteiger partial charge on any atom is 0.269 e. The summed E-state index contributed by atoms with van der Waals surface area (Å²) in [6.45, 7) is 4.89. The summed E-state index contributed by atoms with van der Waals surface area (Å²) in [7, 11) is 1.57. The highest BCUT2D eigenvalue weighted by Crippen LogP contribution is 2.29. The number of aryl methyl sites for hydroxylation is 1. The van der Waals surface area contributed by atoms with Gasteiger partial charge in [-0.2, -0.15) is 0 Å². The second-order valence-corrected chi connectivity index (χ2v) is 8.52. The van der Waals surface area contributed by atoms with Crippen LogP contribution in [0.15, 0.2) is 35.4 Å². The highest BCUT2D eigenvalue weighted by Gasteiger charge is 2.27. The molecule has 2 aromatic heterocycles. The van der Waals surface area contributed by atoms with Gasteiger partial charge in [0, 0.05) is 51.1 Å². The van der Waals surface area contributed by atoms with E-state index in [-0.39, 0.29) is 17.2 Å². The molecule has 11 heteroatoms. The number of hydrogen-bond acceptors (Lipinski definition) is 8. The van der Waals surface area contributed by atoms with Crippen molar-refractivity contribution in [2.24, 2.45) is 0 Å². The van der Waals surface area contributed by atoms with Crippen molar-refractivity contribution in [3.63, 3.8) is 0 Å². The Kier molecular flexibility index (Phi) is 6.19. The normalized spacial score (nSPS) is 14.2. The summed E-state index contributed by atoms with van der Waals surface area (Å²) in [5, 5.41) is 11.3. The summed E-state index contributed by atoms with van der Waals surface area (Å²) in [6.07, 6.45) is 1.50. The maximum absolute atomic E-state index is 13.2. The Balaban J connectivity index is 1.49. The fourth-order valence-electron chi connectivity index (χ4n) is 3.81. The number of benzene rings is 1. The molecule has 3 heterocycles. The molecular weight excluding hydrogens is 434 g/mol. The summed E-state index contributed by atoms with van der Waals surface area (Å²) in [5.74, 6) is -0.100. The number of hydrogen-bond donors (Lipinski definition) is 0. The van der Waals surface area contributed by atoms with Gasteiger partial charge < -0.3 is 14.5 Å². The molecule has 1 saturated heterocycles. The molecule has 0 N–H and O–H groups in total. The predicted molar refractivity (Wildman–Crippen MR) is 122 cm³/mol. The topological polar surface area (TPSA) is 111 Å². The number of methoxy groups -OCH3 is 1. The van der Waals surface area contributed by atoms with Gasteiger partial charge in [0.15, 0.2) is 0 Å². The van der Waals surface area contributed by atoms with E-state index in [1.54, 1.807) is 31.1 Å². The van der Waals surface area contributed by atoms with E-state index >= 15 is 0 Å². The smallest absolute Gasteiger partial charge is 0.269 e. The first-order chi connectivity index (χ1) is 15.4. The Bertz CT molecular complexity index is 1210. The zero-order chi connectivity index (χ0) is 22.8. The largest absolute Gasteiger partial charge is 0.383 e. The lowest BCUT2D eigenvalue weighted by Gasteiger charge is -2.36. The third-order valence-corrected chi connectivity index (χ3v) is 6.83.